The lowest BCUT2D eigenvalue weighted by molar-refractivity contribution is -0.384. The molecule has 0 radical (unpaired) electrons. The predicted molar refractivity (Wildman–Crippen MR) is 104 cm³/mol. The maximum absolute atomic E-state index is 11.1. The molecule has 1 aromatic heterocycles. The van der Waals surface area contributed by atoms with E-state index < -0.39 is 4.92 Å². The van der Waals surface area contributed by atoms with Gasteiger partial charge in [0.05, 0.1) is 16.0 Å². The minimum absolute atomic E-state index is 0.0153. The number of nitrogens with zero attached hydrogens (tertiary/aromatic N) is 5. The number of hydrogen-bond donors (Lipinski definition) is 0. The summed E-state index contributed by atoms with van der Waals surface area (Å²) in [6.45, 7) is 7.76. The zero-order chi connectivity index (χ0) is 18.3. The maximum atomic E-state index is 11.1. The van der Waals surface area contributed by atoms with E-state index >= 15 is 0 Å². The molecule has 0 bridgehead atoms. The van der Waals surface area contributed by atoms with Crippen LogP contribution in [0, 0.1) is 10.1 Å². The van der Waals surface area contributed by atoms with Gasteiger partial charge in [-0.25, -0.2) is 15.0 Å². The van der Waals surface area contributed by atoms with E-state index in [2.05, 4.69) is 15.0 Å². The number of benzene rings is 1. The van der Waals surface area contributed by atoms with Gasteiger partial charge in [-0.05, 0) is 52.1 Å². The molecule has 1 aliphatic rings. The quantitative estimate of drug-likeness (QED) is 0.471. The molecule has 0 aliphatic carbocycles. The van der Waals surface area contributed by atoms with Crippen molar-refractivity contribution in [1.82, 2.24) is 9.55 Å². The molecule has 0 saturated carbocycles. The molecule has 0 saturated heterocycles. The molecule has 0 spiro atoms. The molecule has 0 N–H and O–H groups in total. The van der Waals surface area contributed by atoms with Gasteiger partial charge in [-0.3, -0.25) is 10.1 Å². The Labute approximate surface area is 150 Å². The number of aromatic nitrogens is 2. The summed E-state index contributed by atoms with van der Waals surface area (Å²) < 4.78 is 2.01. The number of thiocarbonyl (C=S) groups is 1. The fourth-order valence-electron chi connectivity index (χ4n) is 2.98. The lowest BCUT2D eigenvalue weighted by atomic mass is 10.1. The second-order valence-corrected chi connectivity index (χ2v) is 6.55. The molecule has 2 heterocycles. The Morgan fingerprint density at radius 3 is 2.48 bits per heavy atom. The SMILES string of the molecule is CC(C)=Cc1nc2cc([N+](=O)[O-])ccc2n1C1C(C)=NC(=S)N=C1C. The van der Waals surface area contributed by atoms with Gasteiger partial charge in [0.25, 0.3) is 5.69 Å². The lowest BCUT2D eigenvalue weighted by Crippen LogP contribution is -2.29. The van der Waals surface area contributed by atoms with Crippen LogP contribution in [-0.2, 0) is 0 Å². The largest absolute Gasteiger partial charge is 0.310 e. The molecule has 8 heteroatoms. The summed E-state index contributed by atoms with van der Waals surface area (Å²) in [5.41, 5.74) is 4.08. The first kappa shape index (κ1) is 17.1. The molecule has 25 heavy (non-hydrogen) atoms. The molecule has 0 atom stereocenters. The number of rotatable bonds is 3. The van der Waals surface area contributed by atoms with Crippen molar-refractivity contribution in [2.45, 2.75) is 33.7 Å². The normalized spacial score (nSPS) is 15.1. The standard InChI is InChI=1S/C17H17N5O2S/c1-9(2)7-15-20-13-8-12(22(23)24)5-6-14(13)21(15)16-10(3)18-17(25)19-11(16)4/h5-8,16H,1-4H3. The summed E-state index contributed by atoms with van der Waals surface area (Å²) >= 11 is 5.10. The number of non-ortho nitro benzene ring substituents is 1. The first-order chi connectivity index (χ1) is 11.8. The van der Waals surface area contributed by atoms with E-state index in [4.69, 9.17) is 12.2 Å². The molecule has 0 unspecified atom stereocenters. The molecule has 128 valence electrons. The predicted octanol–water partition coefficient (Wildman–Crippen LogP) is 4.13. The van der Waals surface area contributed by atoms with Crippen molar-refractivity contribution in [3.63, 3.8) is 0 Å². The molecule has 0 amide bonds. The van der Waals surface area contributed by atoms with Crippen molar-refractivity contribution in [1.29, 1.82) is 0 Å². The van der Waals surface area contributed by atoms with Gasteiger partial charge >= 0.3 is 0 Å². The Morgan fingerprint density at radius 2 is 1.92 bits per heavy atom. The van der Waals surface area contributed by atoms with Crippen LogP contribution in [0.3, 0.4) is 0 Å². The summed E-state index contributed by atoms with van der Waals surface area (Å²) in [4.78, 5) is 23.9. The number of fused-ring (bicyclic) bond motifs is 1. The number of nitro groups is 1. The maximum Gasteiger partial charge on any atom is 0.271 e. The van der Waals surface area contributed by atoms with Crippen molar-refractivity contribution in [3.8, 4) is 0 Å². The molecule has 2 aromatic rings. The van der Waals surface area contributed by atoms with Crippen molar-refractivity contribution >= 4 is 51.6 Å². The Balaban J connectivity index is 2.30. The van der Waals surface area contributed by atoms with Gasteiger partial charge in [0, 0.05) is 23.6 Å². The van der Waals surface area contributed by atoms with Crippen LogP contribution in [-0.4, -0.2) is 31.0 Å². The number of aliphatic imine (C=N–C) groups is 2. The van der Waals surface area contributed by atoms with E-state index in [9.17, 15) is 10.1 Å². The van der Waals surface area contributed by atoms with Crippen LogP contribution in [0.4, 0.5) is 5.69 Å². The molecule has 1 aliphatic heterocycles. The number of nitro benzene ring substituents is 1. The van der Waals surface area contributed by atoms with Crippen LogP contribution < -0.4 is 0 Å². The fraction of sp³-hybridized carbons (Fsp3) is 0.294. The lowest BCUT2D eigenvalue weighted by Gasteiger charge is -2.23. The van der Waals surface area contributed by atoms with E-state index in [1.54, 1.807) is 6.07 Å². The van der Waals surface area contributed by atoms with Gasteiger partial charge in [0.15, 0.2) is 0 Å². The highest BCUT2D eigenvalue weighted by Gasteiger charge is 2.27. The van der Waals surface area contributed by atoms with Gasteiger partial charge in [0.1, 0.15) is 11.9 Å². The minimum atomic E-state index is -0.419. The van der Waals surface area contributed by atoms with Gasteiger partial charge in [-0.1, -0.05) is 5.57 Å². The van der Waals surface area contributed by atoms with E-state index in [0.29, 0.717) is 16.5 Å². The Morgan fingerprint density at radius 1 is 1.28 bits per heavy atom. The highest BCUT2D eigenvalue weighted by atomic mass is 32.1. The number of allylic oxidation sites excluding steroid dienone is 1. The highest BCUT2D eigenvalue weighted by molar-refractivity contribution is 7.80. The summed E-state index contributed by atoms with van der Waals surface area (Å²) in [7, 11) is 0. The topological polar surface area (TPSA) is 85.7 Å². The van der Waals surface area contributed by atoms with E-state index in [1.807, 2.05) is 38.3 Å². The monoisotopic (exact) mass is 355 g/mol. The molecule has 0 fully saturated rings. The Kier molecular flexibility index (Phi) is 4.30. The summed E-state index contributed by atoms with van der Waals surface area (Å²) in [6, 6.07) is 4.47. The number of hydrogen-bond acceptors (Lipinski definition) is 4. The Hall–Kier alpha value is -2.74. The van der Waals surface area contributed by atoms with Crippen LogP contribution in [0.1, 0.15) is 39.6 Å². The van der Waals surface area contributed by atoms with Crippen LogP contribution in [0.15, 0.2) is 33.8 Å². The third-order valence-corrected chi connectivity index (χ3v) is 4.11. The summed E-state index contributed by atoms with van der Waals surface area (Å²) in [5, 5.41) is 11.4. The third-order valence-electron chi connectivity index (χ3n) is 3.92. The first-order valence-electron chi connectivity index (χ1n) is 7.73. The van der Waals surface area contributed by atoms with Crippen molar-refractivity contribution in [2.24, 2.45) is 9.98 Å². The molecular weight excluding hydrogens is 338 g/mol. The summed E-state index contributed by atoms with van der Waals surface area (Å²) in [5.74, 6) is 0.706. The van der Waals surface area contributed by atoms with Gasteiger partial charge in [0.2, 0.25) is 5.11 Å². The van der Waals surface area contributed by atoms with Crippen molar-refractivity contribution < 1.29 is 4.92 Å². The van der Waals surface area contributed by atoms with Crippen molar-refractivity contribution in [2.75, 3.05) is 0 Å². The zero-order valence-corrected chi connectivity index (χ0v) is 15.2. The van der Waals surface area contributed by atoms with Crippen LogP contribution in [0.2, 0.25) is 0 Å². The van der Waals surface area contributed by atoms with E-state index in [0.717, 1.165) is 22.5 Å². The minimum Gasteiger partial charge on any atom is -0.310 e. The smallest absolute Gasteiger partial charge is 0.271 e. The van der Waals surface area contributed by atoms with Crippen LogP contribution in [0.5, 0.6) is 0 Å². The first-order valence-corrected chi connectivity index (χ1v) is 8.14. The summed E-state index contributed by atoms with van der Waals surface area (Å²) in [6.07, 6.45) is 1.94. The average molecular weight is 355 g/mol. The van der Waals surface area contributed by atoms with Gasteiger partial charge < -0.3 is 4.57 Å². The molecule has 3 rings (SSSR count). The van der Waals surface area contributed by atoms with Crippen LogP contribution >= 0.6 is 12.2 Å². The van der Waals surface area contributed by atoms with Gasteiger partial charge in [-0.2, -0.15) is 0 Å². The average Bonchev–Trinajstić information content (AvgIpc) is 2.82. The third kappa shape index (κ3) is 3.12. The zero-order valence-electron chi connectivity index (χ0n) is 14.3. The van der Waals surface area contributed by atoms with Gasteiger partial charge in [-0.15, -0.1) is 0 Å². The molecular formula is C17H17N5O2S. The second-order valence-electron chi connectivity index (χ2n) is 6.18. The van der Waals surface area contributed by atoms with Crippen LogP contribution in [0.25, 0.3) is 17.1 Å². The molecule has 1 aromatic carbocycles. The fourth-order valence-corrected chi connectivity index (χ4v) is 3.26. The molecule has 7 nitrogen and oxygen atoms in total. The van der Waals surface area contributed by atoms with E-state index in [-0.39, 0.29) is 11.7 Å². The highest BCUT2D eigenvalue weighted by Crippen LogP contribution is 2.29. The number of imidazole rings is 1. The van der Waals surface area contributed by atoms with Crippen molar-refractivity contribution in [3.05, 3.63) is 39.7 Å². The van der Waals surface area contributed by atoms with E-state index in [1.165, 1.54) is 12.1 Å². The second kappa shape index (κ2) is 6.29. The Bertz CT molecular complexity index is 974.